The minimum absolute atomic E-state index is 0.0256. The van der Waals surface area contributed by atoms with Crippen LogP contribution in [0.3, 0.4) is 0 Å². The van der Waals surface area contributed by atoms with Crippen LogP contribution in [0.15, 0.2) is 41.1 Å². The molecule has 1 aromatic carbocycles. The van der Waals surface area contributed by atoms with E-state index in [2.05, 4.69) is 30.7 Å². The molecule has 3 rings (SSSR count). The standard InChI is InChI=1S/C15H10BrF2N3O2/c1-8(22)9-5-12-13(16)20-21(14(12)19-7-9)10-3-2-4-11(6-10)23-15(17)18/h2-7,15H,1H3. The number of halogens is 3. The normalized spacial score (nSPS) is 11.2. The molecular weight excluding hydrogens is 372 g/mol. The first-order valence-electron chi connectivity index (χ1n) is 6.56. The minimum Gasteiger partial charge on any atom is -0.435 e. The fourth-order valence-corrected chi connectivity index (χ4v) is 2.58. The molecule has 0 saturated heterocycles. The number of alkyl halides is 2. The van der Waals surface area contributed by atoms with Crippen LogP contribution in [-0.2, 0) is 0 Å². The molecule has 0 amide bonds. The highest BCUT2D eigenvalue weighted by molar-refractivity contribution is 9.10. The molecule has 118 valence electrons. The predicted octanol–water partition coefficient (Wildman–Crippen LogP) is 3.99. The Morgan fingerprint density at radius 2 is 2.13 bits per heavy atom. The van der Waals surface area contributed by atoms with Crippen molar-refractivity contribution in [1.29, 1.82) is 0 Å². The topological polar surface area (TPSA) is 57.0 Å². The van der Waals surface area contributed by atoms with Crippen LogP contribution < -0.4 is 4.74 Å². The molecule has 0 aliphatic heterocycles. The van der Waals surface area contributed by atoms with Crippen LogP contribution in [0.4, 0.5) is 8.78 Å². The first-order valence-corrected chi connectivity index (χ1v) is 7.35. The maximum absolute atomic E-state index is 12.3. The number of aromatic nitrogens is 3. The van der Waals surface area contributed by atoms with Crippen molar-refractivity contribution in [2.75, 3.05) is 0 Å². The second-order valence-corrected chi connectivity index (χ2v) is 5.48. The molecule has 2 aromatic heterocycles. The van der Waals surface area contributed by atoms with Crippen LogP contribution in [0, 0.1) is 0 Å². The molecular formula is C15H10BrF2N3O2. The number of pyridine rings is 1. The molecule has 0 fully saturated rings. The van der Waals surface area contributed by atoms with E-state index in [1.165, 1.54) is 29.9 Å². The number of ether oxygens (including phenoxy) is 1. The lowest BCUT2D eigenvalue weighted by atomic mass is 10.2. The molecule has 5 nitrogen and oxygen atoms in total. The van der Waals surface area contributed by atoms with Gasteiger partial charge in [-0.25, -0.2) is 9.67 Å². The summed E-state index contributed by atoms with van der Waals surface area (Å²) in [7, 11) is 0. The Morgan fingerprint density at radius 1 is 1.35 bits per heavy atom. The molecule has 0 N–H and O–H groups in total. The van der Waals surface area contributed by atoms with Crippen molar-refractivity contribution in [2.24, 2.45) is 0 Å². The maximum atomic E-state index is 12.3. The molecule has 2 heterocycles. The summed E-state index contributed by atoms with van der Waals surface area (Å²) in [6, 6.07) is 7.82. The molecule has 0 aliphatic rings. The van der Waals surface area contributed by atoms with Crippen LogP contribution in [0.1, 0.15) is 17.3 Å². The lowest BCUT2D eigenvalue weighted by Gasteiger charge is -2.07. The SMILES string of the molecule is CC(=O)c1cnc2c(c1)c(Br)nn2-c1cccc(OC(F)F)c1. The second kappa shape index (κ2) is 6.04. The maximum Gasteiger partial charge on any atom is 0.387 e. The summed E-state index contributed by atoms with van der Waals surface area (Å²) < 4.78 is 31.1. The summed E-state index contributed by atoms with van der Waals surface area (Å²) in [6.45, 7) is -1.45. The van der Waals surface area contributed by atoms with Gasteiger partial charge < -0.3 is 4.74 Å². The van der Waals surface area contributed by atoms with Crippen molar-refractivity contribution in [2.45, 2.75) is 13.5 Å². The highest BCUT2D eigenvalue weighted by atomic mass is 79.9. The lowest BCUT2D eigenvalue weighted by Crippen LogP contribution is -2.03. The van der Waals surface area contributed by atoms with Crippen LogP contribution in [0.25, 0.3) is 16.7 Å². The van der Waals surface area contributed by atoms with Gasteiger partial charge in [-0.05, 0) is 41.1 Å². The molecule has 0 unspecified atom stereocenters. The van der Waals surface area contributed by atoms with Gasteiger partial charge in [-0.3, -0.25) is 4.79 Å². The van der Waals surface area contributed by atoms with Crippen LogP contribution in [0.5, 0.6) is 5.75 Å². The minimum atomic E-state index is -2.90. The third-order valence-electron chi connectivity index (χ3n) is 3.17. The summed E-state index contributed by atoms with van der Waals surface area (Å²) >= 11 is 3.32. The van der Waals surface area contributed by atoms with Gasteiger partial charge in [0.05, 0.1) is 11.1 Å². The first kappa shape index (κ1) is 15.5. The first-order chi connectivity index (χ1) is 11.0. The Morgan fingerprint density at radius 3 is 2.83 bits per heavy atom. The quantitative estimate of drug-likeness (QED) is 0.641. The predicted molar refractivity (Wildman–Crippen MR) is 83.2 cm³/mol. The fourth-order valence-electron chi connectivity index (χ4n) is 2.13. The Balaban J connectivity index is 2.12. The summed E-state index contributed by atoms with van der Waals surface area (Å²) in [5.41, 5.74) is 1.48. The zero-order valence-electron chi connectivity index (χ0n) is 11.8. The van der Waals surface area contributed by atoms with Crippen molar-refractivity contribution in [3.05, 3.63) is 46.7 Å². The third-order valence-corrected chi connectivity index (χ3v) is 3.76. The van der Waals surface area contributed by atoms with Crippen molar-refractivity contribution < 1.29 is 18.3 Å². The fraction of sp³-hybridized carbons (Fsp3) is 0.133. The molecule has 3 aromatic rings. The van der Waals surface area contributed by atoms with Gasteiger partial charge in [0.2, 0.25) is 0 Å². The second-order valence-electron chi connectivity index (χ2n) is 4.73. The Bertz CT molecular complexity index is 896. The van der Waals surface area contributed by atoms with Gasteiger partial charge >= 0.3 is 6.61 Å². The van der Waals surface area contributed by atoms with E-state index in [9.17, 15) is 13.6 Å². The number of hydrogen-bond acceptors (Lipinski definition) is 4. The monoisotopic (exact) mass is 381 g/mol. The average Bonchev–Trinajstić information content (AvgIpc) is 2.83. The molecule has 0 radical (unpaired) electrons. The van der Waals surface area contributed by atoms with Crippen molar-refractivity contribution in [3.63, 3.8) is 0 Å². The van der Waals surface area contributed by atoms with E-state index in [-0.39, 0.29) is 11.5 Å². The van der Waals surface area contributed by atoms with Crippen molar-refractivity contribution in [1.82, 2.24) is 14.8 Å². The van der Waals surface area contributed by atoms with Gasteiger partial charge in [-0.2, -0.15) is 13.9 Å². The molecule has 0 saturated carbocycles. The van der Waals surface area contributed by atoms with E-state index in [1.54, 1.807) is 18.2 Å². The van der Waals surface area contributed by atoms with Crippen LogP contribution in [-0.4, -0.2) is 27.2 Å². The zero-order valence-corrected chi connectivity index (χ0v) is 13.4. The van der Waals surface area contributed by atoms with E-state index in [1.807, 2.05) is 0 Å². The number of nitrogens with zero attached hydrogens (tertiary/aromatic N) is 3. The van der Waals surface area contributed by atoms with Gasteiger partial charge in [0.25, 0.3) is 0 Å². The molecule has 8 heteroatoms. The number of ketones is 1. The number of Topliss-reactive ketones (excluding diaryl/α,β-unsaturated/α-hetero) is 1. The van der Waals surface area contributed by atoms with E-state index in [0.29, 0.717) is 26.9 Å². The largest absolute Gasteiger partial charge is 0.435 e. The number of rotatable bonds is 4. The summed E-state index contributed by atoms with van der Waals surface area (Å²) in [5.74, 6) is -0.0796. The highest BCUT2D eigenvalue weighted by Crippen LogP contribution is 2.27. The van der Waals surface area contributed by atoms with Crippen LogP contribution >= 0.6 is 15.9 Å². The molecule has 0 atom stereocenters. The smallest absolute Gasteiger partial charge is 0.387 e. The molecule has 0 spiro atoms. The number of carbonyl (C=O) groups excluding carboxylic acids is 1. The molecule has 23 heavy (non-hydrogen) atoms. The van der Waals surface area contributed by atoms with E-state index in [4.69, 9.17) is 0 Å². The number of benzene rings is 1. The number of carbonyl (C=O) groups is 1. The number of fused-ring (bicyclic) bond motifs is 1. The Kier molecular flexibility index (Phi) is 4.08. The average molecular weight is 382 g/mol. The number of hydrogen-bond donors (Lipinski definition) is 0. The van der Waals surface area contributed by atoms with Gasteiger partial charge in [-0.1, -0.05) is 6.07 Å². The Hall–Kier alpha value is -2.35. The molecule has 0 aliphatic carbocycles. The summed E-state index contributed by atoms with van der Waals surface area (Å²) in [6.07, 6.45) is 1.45. The summed E-state index contributed by atoms with van der Waals surface area (Å²) in [4.78, 5) is 15.7. The zero-order chi connectivity index (χ0) is 16.6. The van der Waals surface area contributed by atoms with Gasteiger partial charge in [-0.15, -0.1) is 0 Å². The van der Waals surface area contributed by atoms with Gasteiger partial charge in [0.1, 0.15) is 10.4 Å². The van der Waals surface area contributed by atoms with E-state index >= 15 is 0 Å². The van der Waals surface area contributed by atoms with Crippen molar-refractivity contribution in [3.8, 4) is 11.4 Å². The lowest BCUT2D eigenvalue weighted by molar-refractivity contribution is -0.0498. The summed E-state index contributed by atoms with van der Waals surface area (Å²) in [5, 5.41) is 4.95. The van der Waals surface area contributed by atoms with Gasteiger partial charge in [0.15, 0.2) is 11.4 Å². The van der Waals surface area contributed by atoms with Crippen LogP contribution in [0.2, 0.25) is 0 Å². The van der Waals surface area contributed by atoms with E-state index in [0.717, 1.165) is 0 Å². The highest BCUT2D eigenvalue weighted by Gasteiger charge is 2.14. The van der Waals surface area contributed by atoms with E-state index < -0.39 is 6.61 Å². The Labute approximate surface area is 138 Å². The van der Waals surface area contributed by atoms with Gasteiger partial charge in [0, 0.05) is 17.8 Å². The van der Waals surface area contributed by atoms with Crippen molar-refractivity contribution >= 4 is 32.7 Å². The molecule has 0 bridgehead atoms. The third kappa shape index (κ3) is 3.07.